The number of aliphatic hydroxyl groups is 1. The molecule has 1 aromatic heterocycles. The number of benzene rings is 1. The molecular formula is C13H11NO4. The minimum absolute atomic E-state index is 0.113. The van der Waals surface area contributed by atoms with Crippen LogP contribution in [0.25, 0.3) is 0 Å². The Labute approximate surface area is 104 Å². The van der Waals surface area contributed by atoms with E-state index in [1.807, 2.05) is 0 Å². The third kappa shape index (κ3) is 2.08. The van der Waals surface area contributed by atoms with Crippen molar-refractivity contribution in [2.45, 2.75) is 6.61 Å². The third-order valence-corrected chi connectivity index (χ3v) is 2.51. The molecule has 5 heteroatoms. The van der Waals surface area contributed by atoms with Crippen molar-refractivity contribution in [1.29, 1.82) is 0 Å². The normalized spacial score (nSPS) is 12.5. The standard InChI is InChI=1S/C13H11NO4/c15-7-9-2-1-3-13(14-9)18-10-4-5-11-12(6-10)17-8-16-11/h1-6,15H,7-8H2. The Morgan fingerprint density at radius 2 is 2.06 bits per heavy atom. The number of fused-ring (bicyclic) bond motifs is 1. The van der Waals surface area contributed by atoms with Gasteiger partial charge in [0.15, 0.2) is 11.5 Å². The topological polar surface area (TPSA) is 60.8 Å². The summed E-state index contributed by atoms with van der Waals surface area (Å²) in [4.78, 5) is 4.14. The monoisotopic (exact) mass is 245 g/mol. The molecule has 0 bridgehead atoms. The Bertz CT molecular complexity index is 571. The van der Waals surface area contributed by atoms with Gasteiger partial charge in [-0.3, -0.25) is 0 Å². The second-order valence-corrected chi connectivity index (χ2v) is 3.74. The Hall–Kier alpha value is -2.27. The highest BCUT2D eigenvalue weighted by atomic mass is 16.7. The molecule has 0 saturated carbocycles. The molecule has 18 heavy (non-hydrogen) atoms. The maximum absolute atomic E-state index is 9.00. The predicted molar refractivity (Wildman–Crippen MR) is 62.8 cm³/mol. The van der Waals surface area contributed by atoms with E-state index in [4.69, 9.17) is 19.3 Å². The molecule has 2 aromatic rings. The molecule has 0 spiro atoms. The van der Waals surface area contributed by atoms with Gasteiger partial charge < -0.3 is 19.3 Å². The van der Waals surface area contributed by atoms with Gasteiger partial charge in [0.25, 0.3) is 0 Å². The van der Waals surface area contributed by atoms with Gasteiger partial charge in [0, 0.05) is 12.1 Å². The van der Waals surface area contributed by atoms with Crippen LogP contribution in [0.3, 0.4) is 0 Å². The molecule has 1 aliphatic rings. The molecule has 0 aliphatic carbocycles. The Kier molecular flexibility index (Phi) is 2.74. The van der Waals surface area contributed by atoms with Crippen LogP contribution >= 0.6 is 0 Å². The van der Waals surface area contributed by atoms with Crippen LogP contribution in [0, 0.1) is 0 Å². The Balaban J connectivity index is 1.83. The summed E-state index contributed by atoms with van der Waals surface area (Å²) in [6, 6.07) is 10.5. The van der Waals surface area contributed by atoms with Gasteiger partial charge >= 0.3 is 0 Å². The average molecular weight is 245 g/mol. The molecule has 1 aliphatic heterocycles. The van der Waals surface area contributed by atoms with Crippen molar-refractivity contribution in [1.82, 2.24) is 4.98 Å². The number of pyridine rings is 1. The lowest BCUT2D eigenvalue weighted by Gasteiger charge is -2.06. The van der Waals surface area contributed by atoms with Gasteiger partial charge in [-0.1, -0.05) is 6.07 Å². The van der Waals surface area contributed by atoms with Gasteiger partial charge in [-0.25, -0.2) is 4.98 Å². The van der Waals surface area contributed by atoms with Gasteiger partial charge in [0.2, 0.25) is 12.7 Å². The predicted octanol–water partition coefficient (Wildman–Crippen LogP) is 2.09. The van der Waals surface area contributed by atoms with Crippen molar-refractivity contribution >= 4 is 0 Å². The first kappa shape index (κ1) is 10.9. The maximum Gasteiger partial charge on any atom is 0.231 e. The van der Waals surface area contributed by atoms with Crippen LogP contribution in [0.5, 0.6) is 23.1 Å². The number of hydrogen-bond donors (Lipinski definition) is 1. The third-order valence-electron chi connectivity index (χ3n) is 2.51. The summed E-state index contributed by atoms with van der Waals surface area (Å²) in [6.45, 7) is 0.120. The van der Waals surface area contributed by atoms with Crippen LogP contribution < -0.4 is 14.2 Å². The van der Waals surface area contributed by atoms with Crippen molar-refractivity contribution in [3.8, 4) is 23.1 Å². The van der Waals surface area contributed by atoms with E-state index < -0.39 is 0 Å². The second kappa shape index (κ2) is 4.54. The van der Waals surface area contributed by atoms with E-state index >= 15 is 0 Å². The number of aromatic nitrogens is 1. The van der Waals surface area contributed by atoms with Gasteiger partial charge in [0.05, 0.1) is 12.3 Å². The maximum atomic E-state index is 9.00. The summed E-state index contributed by atoms with van der Waals surface area (Å²) in [5.74, 6) is 2.41. The van der Waals surface area contributed by atoms with Crippen LogP contribution in [0.15, 0.2) is 36.4 Å². The molecule has 92 valence electrons. The highest BCUT2D eigenvalue weighted by Crippen LogP contribution is 2.36. The van der Waals surface area contributed by atoms with E-state index in [1.165, 1.54) is 0 Å². The summed E-state index contributed by atoms with van der Waals surface area (Å²) in [6.07, 6.45) is 0. The zero-order valence-electron chi connectivity index (χ0n) is 9.50. The van der Waals surface area contributed by atoms with Crippen molar-refractivity contribution in [2.75, 3.05) is 6.79 Å². The fourth-order valence-electron chi connectivity index (χ4n) is 1.66. The molecule has 0 amide bonds. The molecule has 0 radical (unpaired) electrons. The minimum atomic E-state index is -0.113. The SMILES string of the molecule is OCc1cccc(Oc2ccc3c(c2)OCO3)n1. The number of nitrogens with zero attached hydrogens (tertiary/aromatic N) is 1. The summed E-state index contributed by atoms with van der Waals surface area (Å²) in [5, 5.41) is 9.00. The van der Waals surface area contributed by atoms with Crippen LogP contribution in [-0.4, -0.2) is 16.9 Å². The number of hydrogen-bond acceptors (Lipinski definition) is 5. The lowest BCUT2D eigenvalue weighted by atomic mass is 10.3. The average Bonchev–Trinajstić information content (AvgIpc) is 2.86. The van der Waals surface area contributed by atoms with E-state index in [0.717, 1.165) is 0 Å². The summed E-state index contributed by atoms with van der Waals surface area (Å²) >= 11 is 0. The quantitative estimate of drug-likeness (QED) is 0.897. The van der Waals surface area contributed by atoms with Gasteiger partial charge in [-0.2, -0.15) is 0 Å². The lowest BCUT2D eigenvalue weighted by molar-refractivity contribution is 0.174. The molecule has 2 heterocycles. The van der Waals surface area contributed by atoms with Gasteiger partial charge in [-0.15, -0.1) is 0 Å². The first-order valence-electron chi connectivity index (χ1n) is 5.49. The Morgan fingerprint density at radius 3 is 2.94 bits per heavy atom. The molecule has 1 N–H and O–H groups in total. The molecule has 0 fully saturated rings. The zero-order valence-corrected chi connectivity index (χ0v) is 9.50. The largest absolute Gasteiger partial charge is 0.454 e. The first-order valence-corrected chi connectivity index (χ1v) is 5.49. The number of rotatable bonds is 3. The van der Waals surface area contributed by atoms with E-state index in [0.29, 0.717) is 28.8 Å². The van der Waals surface area contributed by atoms with Crippen LogP contribution in [0.1, 0.15) is 5.69 Å². The molecule has 1 aromatic carbocycles. The van der Waals surface area contributed by atoms with E-state index in [1.54, 1.807) is 36.4 Å². The lowest BCUT2D eigenvalue weighted by Crippen LogP contribution is -1.93. The van der Waals surface area contributed by atoms with E-state index in [9.17, 15) is 0 Å². The molecule has 0 unspecified atom stereocenters. The highest BCUT2D eigenvalue weighted by Gasteiger charge is 2.14. The van der Waals surface area contributed by atoms with Crippen LogP contribution in [0.2, 0.25) is 0 Å². The smallest absolute Gasteiger partial charge is 0.231 e. The fourth-order valence-corrected chi connectivity index (χ4v) is 1.66. The first-order chi connectivity index (χ1) is 8.85. The highest BCUT2D eigenvalue weighted by molar-refractivity contribution is 5.47. The number of aliphatic hydroxyl groups excluding tert-OH is 1. The van der Waals surface area contributed by atoms with Crippen LogP contribution in [-0.2, 0) is 6.61 Å². The summed E-state index contributed by atoms with van der Waals surface area (Å²) in [7, 11) is 0. The summed E-state index contributed by atoms with van der Waals surface area (Å²) in [5.41, 5.74) is 0.563. The zero-order chi connectivity index (χ0) is 12.4. The minimum Gasteiger partial charge on any atom is -0.454 e. The number of ether oxygens (including phenoxy) is 3. The molecule has 3 rings (SSSR count). The van der Waals surface area contributed by atoms with E-state index in [2.05, 4.69) is 4.98 Å². The fraction of sp³-hybridized carbons (Fsp3) is 0.154. The Morgan fingerprint density at radius 1 is 1.17 bits per heavy atom. The summed E-state index contributed by atoms with van der Waals surface area (Å²) < 4.78 is 16.1. The van der Waals surface area contributed by atoms with Crippen LogP contribution in [0.4, 0.5) is 0 Å². The van der Waals surface area contributed by atoms with E-state index in [-0.39, 0.29) is 13.4 Å². The van der Waals surface area contributed by atoms with Crippen molar-refractivity contribution in [3.63, 3.8) is 0 Å². The second-order valence-electron chi connectivity index (χ2n) is 3.74. The molecular weight excluding hydrogens is 234 g/mol. The van der Waals surface area contributed by atoms with Crippen molar-refractivity contribution in [2.24, 2.45) is 0 Å². The van der Waals surface area contributed by atoms with Gasteiger partial charge in [0.1, 0.15) is 5.75 Å². The molecule has 5 nitrogen and oxygen atoms in total. The van der Waals surface area contributed by atoms with Gasteiger partial charge in [-0.05, 0) is 18.2 Å². The van der Waals surface area contributed by atoms with Crippen molar-refractivity contribution < 1.29 is 19.3 Å². The molecule has 0 saturated heterocycles. The molecule has 0 atom stereocenters. The van der Waals surface area contributed by atoms with Crippen molar-refractivity contribution in [3.05, 3.63) is 42.1 Å².